The van der Waals surface area contributed by atoms with Gasteiger partial charge in [-0.15, -0.1) is 0 Å². The van der Waals surface area contributed by atoms with Gasteiger partial charge in [0.1, 0.15) is 5.75 Å². The Morgan fingerprint density at radius 1 is 0.905 bits per heavy atom. The average molecular weight is 282 g/mol. The number of hydrogen-bond donors (Lipinski definition) is 2. The third-order valence-electron chi connectivity index (χ3n) is 4.65. The molecule has 2 heteroatoms. The van der Waals surface area contributed by atoms with Crippen molar-refractivity contribution in [3.8, 4) is 5.75 Å². The van der Waals surface area contributed by atoms with Crippen molar-refractivity contribution >= 4 is 0 Å². The minimum absolute atomic E-state index is 0.209. The molecule has 0 amide bonds. The number of rotatable bonds is 3. The van der Waals surface area contributed by atoms with Gasteiger partial charge in [0.05, 0.1) is 6.10 Å². The fraction of sp³-hybridized carbons (Fsp3) is 0.368. The van der Waals surface area contributed by atoms with Crippen molar-refractivity contribution in [2.75, 3.05) is 0 Å². The maximum absolute atomic E-state index is 10.3. The van der Waals surface area contributed by atoms with E-state index in [0.717, 1.165) is 25.7 Å². The summed E-state index contributed by atoms with van der Waals surface area (Å²) in [4.78, 5) is 0. The molecule has 2 aromatic rings. The number of hydrogen-bond acceptors (Lipinski definition) is 2. The van der Waals surface area contributed by atoms with E-state index in [9.17, 15) is 10.2 Å². The van der Waals surface area contributed by atoms with Crippen molar-refractivity contribution in [1.29, 1.82) is 0 Å². The normalized spacial score (nSPS) is 25.7. The number of benzene rings is 2. The summed E-state index contributed by atoms with van der Waals surface area (Å²) >= 11 is 0. The molecule has 0 radical (unpaired) electrons. The molecule has 2 aromatic carbocycles. The molecule has 0 aromatic heterocycles. The maximum Gasteiger partial charge on any atom is 0.115 e. The summed E-state index contributed by atoms with van der Waals surface area (Å²) in [6.07, 6.45) is 3.65. The van der Waals surface area contributed by atoms with Gasteiger partial charge in [-0.05, 0) is 60.8 Å². The highest BCUT2D eigenvalue weighted by Gasteiger charge is 2.29. The highest BCUT2D eigenvalue weighted by molar-refractivity contribution is 5.27. The van der Waals surface area contributed by atoms with Crippen LogP contribution in [0.25, 0.3) is 0 Å². The summed E-state index contributed by atoms with van der Waals surface area (Å²) in [7, 11) is 0. The second-order valence-electron chi connectivity index (χ2n) is 6.12. The summed E-state index contributed by atoms with van der Waals surface area (Å²) in [5, 5.41) is 19.7. The van der Waals surface area contributed by atoms with Crippen molar-refractivity contribution in [3.63, 3.8) is 0 Å². The smallest absolute Gasteiger partial charge is 0.115 e. The molecule has 3 unspecified atom stereocenters. The topological polar surface area (TPSA) is 40.5 Å². The summed E-state index contributed by atoms with van der Waals surface area (Å²) < 4.78 is 0. The molecule has 110 valence electrons. The van der Waals surface area contributed by atoms with Crippen LogP contribution in [0.1, 0.15) is 36.3 Å². The zero-order valence-corrected chi connectivity index (χ0v) is 12.2. The summed E-state index contributed by atoms with van der Waals surface area (Å²) in [6.45, 7) is 0. The fourth-order valence-electron chi connectivity index (χ4n) is 3.43. The molecule has 0 aliphatic heterocycles. The van der Waals surface area contributed by atoms with Crippen LogP contribution in [0.2, 0.25) is 0 Å². The zero-order valence-electron chi connectivity index (χ0n) is 12.2. The molecule has 2 nitrogen and oxygen atoms in total. The van der Waals surface area contributed by atoms with Gasteiger partial charge >= 0.3 is 0 Å². The summed E-state index contributed by atoms with van der Waals surface area (Å²) in [5.41, 5.74) is 2.57. The Morgan fingerprint density at radius 2 is 1.62 bits per heavy atom. The van der Waals surface area contributed by atoms with E-state index in [4.69, 9.17) is 0 Å². The molecular formula is C19H22O2. The molecule has 0 spiro atoms. The van der Waals surface area contributed by atoms with Crippen LogP contribution in [0, 0.1) is 5.92 Å². The molecule has 3 atom stereocenters. The second-order valence-corrected chi connectivity index (χ2v) is 6.12. The number of aliphatic hydroxyl groups is 1. The van der Waals surface area contributed by atoms with Crippen molar-refractivity contribution in [3.05, 3.63) is 65.7 Å². The number of aliphatic hydroxyl groups excluding tert-OH is 1. The Kier molecular flexibility index (Phi) is 4.26. The second kappa shape index (κ2) is 6.31. The van der Waals surface area contributed by atoms with Crippen LogP contribution < -0.4 is 0 Å². The summed E-state index contributed by atoms with van der Waals surface area (Å²) in [6, 6.07) is 18.0. The van der Waals surface area contributed by atoms with Crippen LogP contribution in [-0.4, -0.2) is 16.3 Å². The molecule has 0 heterocycles. The zero-order chi connectivity index (χ0) is 14.7. The molecule has 1 fully saturated rings. The standard InChI is InChI=1S/C19H22O2/c20-18-9-6-14(7-10-18)12-17-13-16(8-11-19(17)21)15-4-2-1-3-5-15/h1-7,9-10,16-17,19-21H,8,11-13H2. The van der Waals surface area contributed by atoms with E-state index in [1.807, 2.05) is 12.1 Å². The lowest BCUT2D eigenvalue weighted by molar-refractivity contribution is 0.0619. The van der Waals surface area contributed by atoms with E-state index in [1.54, 1.807) is 12.1 Å². The predicted octanol–water partition coefficient (Wildman–Crippen LogP) is 3.88. The third kappa shape index (κ3) is 3.45. The van der Waals surface area contributed by atoms with Crippen LogP contribution in [0.3, 0.4) is 0 Å². The Hall–Kier alpha value is -1.80. The minimum Gasteiger partial charge on any atom is -0.508 e. The molecule has 1 saturated carbocycles. The number of aromatic hydroxyl groups is 1. The lowest BCUT2D eigenvalue weighted by Crippen LogP contribution is -2.29. The lowest BCUT2D eigenvalue weighted by atomic mass is 9.74. The maximum atomic E-state index is 10.3. The Morgan fingerprint density at radius 3 is 2.33 bits per heavy atom. The van der Waals surface area contributed by atoms with Gasteiger partial charge in [-0.1, -0.05) is 42.5 Å². The average Bonchev–Trinajstić information content (AvgIpc) is 2.52. The van der Waals surface area contributed by atoms with Crippen molar-refractivity contribution < 1.29 is 10.2 Å². The first-order chi connectivity index (χ1) is 10.2. The first-order valence-electron chi connectivity index (χ1n) is 7.73. The molecule has 1 aliphatic carbocycles. The molecule has 21 heavy (non-hydrogen) atoms. The van der Waals surface area contributed by atoms with E-state index in [2.05, 4.69) is 30.3 Å². The Balaban J connectivity index is 1.70. The van der Waals surface area contributed by atoms with Gasteiger partial charge in [-0.2, -0.15) is 0 Å². The van der Waals surface area contributed by atoms with Crippen LogP contribution in [0.4, 0.5) is 0 Å². The quantitative estimate of drug-likeness (QED) is 0.897. The van der Waals surface area contributed by atoms with Gasteiger partial charge in [0.15, 0.2) is 0 Å². The predicted molar refractivity (Wildman–Crippen MR) is 84.3 cm³/mol. The molecule has 1 aliphatic rings. The largest absolute Gasteiger partial charge is 0.508 e. The molecule has 0 bridgehead atoms. The van der Waals surface area contributed by atoms with Crippen LogP contribution in [0.5, 0.6) is 5.75 Å². The molecule has 3 rings (SSSR count). The Bertz CT molecular complexity index is 562. The van der Waals surface area contributed by atoms with E-state index in [1.165, 1.54) is 11.1 Å². The number of phenolic OH excluding ortho intramolecular Hbond substituents is 1. The van der Waals surface area contributed by atoms with Crippen LogP contribution in [-0.2, 0) is 6.42 Å². The van der Waals surface area contributed by atoms with Crippen LogP contribution in [0.15, 0.2) is 54.6 Å². The first kappa shape index (κ1) is 14.2. The van der Waals surface area contributed by atoms with Crippen molar-refractivity contribution in [1.82, 2.24) is 0 Å². The van der Waals surface area contributed by atoms with Gasteiger partial charge in [-0.3, -0.25) is 0 Å². The Labute approximate surface area is 126 Å². The van der Waals surface area contributed by atoms with E-state index < -0.39 is 0 Å². The van der Waals surface area contributed by atoms with E-state index in [0.29, 0.717) is 17.6 Å². The number of phenols is 1. The minimum atomic E-state index is -0.209. The first-order valence-corrected chi connectivity index (χ1v) is 7.73. The molecular weight excluding hydrogens is 260 g/mol. The molecule has 2 N–H and O–H groups in total. The van der Waals surface area contributed by atoms with Gasteiger partial charge in [0.2, 0.25) is 0 Å². The SMILES string of the molecule is Oc1ccc(CC2CC(c3ccccc3)CCC2O)cc1. The highest BCUT2D eigenvalue weighted by Crippen LogP contribution is 2.37. The van der Waals surface area contributed by atoms with Crippen LogP contribution >= 0.6 is 0 Å². The van der Waals surface area contributed by atoms with Gasteiger partial charge < -0.3 is 10.2 Å². The van der Waals surface area contributed by atoms with Crippen molar-refractivity contribution in [2.24, 2.45) is 5.92 Å². The highest BCUT2D eigenvalue weighted by atomic mass is 16.3. The molecule has 0 saturated heterocycles. The van der Waals surface area contributed by atoms with E-state index >= 15 is 0 Å². The van der Waals surface area contributed by atoms with E-state index in [-0.39, 0.29) is 6.10 Å². The third-order valence-corrected chi connectivity index (χ3v) is 4.65. The van der Waals surface area contributed by atoms with Gasteiger partial charge in [0.25, 0.3) is 0 Å². The van der Waals surface area contributed by atoms with Gasteiger partial charge in [-0.25, -0.2) is 0 Å². The monoisotopic (exact) mass is 282 g/mol. The van der Waals surface area contributed by atoms with Gasteiger partial charge in [0, 0.05) is 0 Å². The fourth-order valence-corrected chi connectivity index (χ4v) is 3.43. The van der Waals surface area contributed by atoms with Crippen molar-refractivity contribution in [2.45, 2.75) is 37.7 Å². The summed E-state index contributed by atoms with van der Waals surface area (Å²) in [5.74, 6) is 1.15. The lowest BCUT2D eigenvalue weighted by Gasteiger charge is -2.33.